The highest BCUT2D eigenvalue weighted by Crippen LogP contribution is 2.49. The van der Waals surface area contributed by atoms with Crippen LogP contribution in [0.25, 0.3) is 10.9 Å². The van der Waals surface area contributed by atoms with E-state index in [9.17, 15) is 9.59 Å². The van der Waals surface area contributed by atoms with Crippen molar-refractivity contribution in [2.24, 2.45) is 0 Å². The number of nitrogens with one attached hydrogen (secondary N) is 1. The van der Waals surface area contributed by atoms with Gasteiger partial charge in [-0.15, -0.1) is 0 Å². The molecule has 2 fully saturated rings. The maximum atomic E-state index is 14.7. The van der Waals surface area contributed by atoms with E-state index in [1.807, 2.05) is 67.0 Å². The van der Waals surface area contributed by atoms with Gasteiger partial charge in [0.2, 0.25) is 5.91 Å². The Morgan fingerprint density at radius 1 is 0.956 bits per heavy atom. The van der Waals surface area contributed by atoms with Crippen LogP contribution in [0.4, 0.5) is 0 Å². The van der Waals surface area contributed by atoms with Gasteiger partial charge in [-0.1, -0.05) is 54.6 Å². The summed E-state index contributed by atoms with van der Waals surface area (Å²) in [6.45, 7) is 9.15. The lowest BCUT2D eigenvalue weighted by atomic mass is 9.76. The molecule has 2 atom stereocenters. The number of H-pyrrole nitrogens is 1. The smallest absolute Gasteiger partial charge is 0.255 e. The van der Waals surface area contributed by atoms with Gasteiger partial charge >= 0.3 is 0 Å². The Balaban J connectivity index is 1.22. The molecule has 45 heavy (non-hydrogen) atoms. The number of hydrogen-bond donors (Lipinski definition) is 1. The number of carbonyl (C=O) groups is 2. The third-order valence-electron chi connectivity index (χ3n) is 9.97. The Morgan fingerprint density at radius 3 is 2.42 bits per heavy atom. The zero-order valence-corrected chi connectivity index (χ0v) is 26.6. The standard InChI is InChI=1S/C37H42N4O4/c1-24(2)45-31-15-14-26(20-32(31)44-4)29-22-41-33(42)23-40(27-16-18-39(19-17-27)21-25-10-6-5-7-11-25)36(43)37(41,3)35-34(29)28-12-8-9-13-30(28)38-35/h5-15,20,24,27,29,38H,16-19,21-23H2,1-4H3/t29-,37+/m1/s1. The molecule has 8 heteroatoms. The van der Waals surface area contributed by atoms with Crippen LogP contribution in [0.2, 0.25) is 0 Å². The number of para-hydroxylation sites is 1. The summed E-state index contributed by atoms with van der Waals surface area (Å²) < 4.78 is 11.7. The van der Waals surface area contributed by atoms with Crippen LogP contribution in [0, 0.1) is 0 Å². The van der Waals surface area contributed by atoms with Crippen molar-refractivity contribution < 1.29 is 19.1 Å². The minimum Gasteiger partial charge on any atom is -0.493 e. The molecule has 1 aromatic heterocycles. The zero-order valence-electron chi connectivity index (χ0n) is 26.6. The van der Waals surface area contributed by atoms with Gasteiger partial charge in [0.25, 0.3) is 5.91 Å². The average Bonchev–Trinajstić information content (AvgIpc) is 3.45. The predicted molar refractivity (Wildman–Crippen MR) is 174 cm³/mol. The molecule has 1 N–H and O–H groups in total. The molecule has 3 aliphatic rings. The van der Waals surface area contributed by atoms with Crippen molar-refractivity contribution in [3.8, 4) is 11.5 Å². The summed E-state index contributed by atoms with van der Waals surface area (Å²) in [6, 6.07) is 24.8. The van der Waals surface area contributed by atoms with Crippen molar-refractivity contribution in [1.29, 1.82) is 0 Å². The SMILES string of the molecule is COc1cc([C@H]2CN3C(=O)CN(C4CCN(Cc5ccccc5)CC4)C(=O)[C@]3(C)c3[nH]c4ccccc4c32)ccc1OC(C)C. The molecule has 0 spiro atoms. The Bertz CT molecular complexity index is 1730. The van der Waals surface area contributed by atoms with E-state index in [1.165, 1.54) is 5.56 Å². The van der Waals surface area contributed by atoms with E-state index in [2.05, 4.69) is 46.3 Å². The molecule has 2 amide bonds. The number of methoxy groups -OCH3 is 1. The molecule has 234 valence electrons. The minimum absolute atomic E-state index is 0.00753. The quantitative estimate of drug-likeness (QED) is 0.294. The number of carbonyl (C=O) groups excluding carboxylic acids is 2. The van der Waals surface area contributed by atoms with E-state index in [1.54, 1.807) is 7.11 Å². The van der Waals surface area contributed by atoms with E-state index in [-0.39, 0.29) is 36.4 Å². The van der Waals surface area contributed by atoms with E-state index in [4.69, 9.17) is 9.47 Å². The zero-order chi connectivity index (χ0) is 31.3. The van der Waals surface area contributed by atoms with Crippen molar-refractivity contribution >= 4 is 22.7 Å². The summed E-state index contributed by atoms with van der Waals surface area (Å²) in [7, 11) is 1.65. The maximum absolute atomic E-state index is 14.7. The first-order valence-corrected chi connectivity index (χ1v) is 16.1. The number of rotatable bonds is 7. The second-order valence-electron chi connectivity index (χ2n) is 13.1. The molecule has 4 aromatic rings. The van der Waals surface area contributed by atoms with Gasteiger partial charge in [0, 0.05) is 49.0 Å². The molecule has 0 aliphatic carbocycles. The summed E-state index contributed by atoms with van der Waals surface area (Å²) >= 11 is 0. The highest BCUT2D eigenvalue weighted by atomic mass is 16.5. The summed E-state index contributed by atoms with van der Waals surface area (Å²) in [5.74, 6) is 1.20. The van der Waals surface area contributed by atoms with Crippen LogP contribution in [0.1, 0.15) is 61.9 Å². The first kappa shape index (κ1) is 29.4. The highest BCUT2D eigenvalue weighted by molar-refractivity contribution is 6.01. The molecular weight excluding hydrogens is 564 g/mol. The van der Waals surface area contributed by atoms with Crippen molar-refractivity contribution in [2.45, 2.75) is 63.8 Å². The Kier molecular flexibility index (Phi) is 7.56. The first-order valence-electron chi connectivity index (χ1n) is 16.1. The van der Waals surface area contributed by atoms with Crippen molar-refractivity contribution in [3.63, 3.8) is 0 Å². The number of amides is 2. The van der Waals surface area contributed by atoms with Crippen molar-refractivity contribution in [1.82, 2.24) is 19.7 Å². The third kappa shape index (κ3) is 5.05. The van der Waals surface area contributed by atoms with Crippen LogP contribution in [-0.4, -0.2) is 76.9 Å². The number of aromatic amines is 1. The normalized spacial score (nSPS) is 22.6. The largest absolute Gasteiger partial charge is 0.493 e. The van der Waals surface area contributed by atoms with Crippen LogP contribution in [-0.2, 0) is 21.7 Å². The molecule has 4 heterocycles. The van der Waals surface area contributed by atoms with Gasteiger partial charge in [-0.25, -0.2) is 0 Å². The van der Waals surface area contributed by atoms with E-state index in [0.29, 0.717) is 18.0 Å². The molecule has 0 radical (unpaired) electrons. The lowest BCUT2D eigenvalue weighted by molar-refractivity contribution is -0.169. The van der Waals surface area contributed by atoms with Gasteiger partial charge in [-0.3, -0.25) is 14.5 Å². The van der Waals surface area contributed by atoms with E-state index < -0.39 is 5.54 Å². The molecule has 3 aliphatic heterocycles. The minimum atomic E-state index is -1.12. The van der Waals surface area contributed by atoms with Gasteiger partial charge < -0.3 is 24.3 Å². The van der Waals surface area contributed by atoms with E-state index >= 15 is 0 Å². The Hall–Kier alpha value is -4.30. The number of ether oxygens (including phenoxy) is 2. The predicted octanol–water partition coefficient (Wildman–Crippen LogP) is 5.66. The lowest BCUT2D eigenvalue weighted by Gasteiger charge is -2.53. The molecule has 7 rings (SSSR count). The molecule has 8 nitrogen and oxygen atoms in total. The Labute approximate surface area is 264 Å². The maximum Gasteiger partial charge on any atom is 0.255 e. The molecule has 0 bridgehead atoms. The number of hydrogen-bond acceptors (Lipinski definition) is 5. The molecular formula is C37H42N4O4. The van der Waals surface area contributed by atoms with Gasteiger partial charge in [-0.05, 0) is 68.5 Å². The number of benzene rings is 3. The van der Waals surface area contributed by atoms with Crippen LogP contribution < -0.4 is 9.47 Å². The number of piperazine rings is 1. The average molecular weight is 607 g/mol. The monoisotopic (exact) mass is 606 g/mol. The molecule has 0 saturated carbocycles. The van der Waals surface area contributed by atoms with Crippen LogP contribution in [0.5, 0.6) is 11.5 Å². The van der Waals surface area contributed by atoms with Crippen LogP contribution >= 0.6 is 0 Å². The molecule has 0 unspecified atom stereocenters. The lowest BCUT2D eigenvalue weighted by Crippen LogP contribution is -2.69. The van der Waals surface area contributed by atoms with Gasteiger partial charge in [0.15, 0.2) is 17.0 Å². The Morgan fingerprint density at radius 2 is 1.69 bits per heavy atom. The second kappa shape index (κ2) is 11.6. The van der Waals surface area contributed by atoms with Gasteiger partial charge in [0.1, 0.15) is 6.54 Å². The summed E-state index contributed by atoms with van der Waals surface area (Å²) in [4.78, 5) is 38.6. The fourth-order valence-electron chi connectivity index (χ4n) is 7.71. The van der Waals surface area contributed by atoms with Gasteiger partial charge in [0.05, 0.1) is 18.9 Å². The molecule has 2 saturated heterocycles. The summed E-state index contributed by atoms with van der Waals surface area (Å²) in [5.41, 5.74) is 4.05. The van der Waals surface area contributed by atoms with Crippen LogP contribution in [0.3, 0.4) is 0 Å². The number of piperidine rings is 1. The third-order valence-corrected chi connectivity index (χ3v) is 9.97. The number of aromatic nitrogens is 1. The topological polar surface area (TPSA) is 78.1 Å². The first-order chi connectivity index (χ1) is 21.8. The highest BCUT2D eigenvalue weighted by Gasteiger charge is 2.57. The number of likely N-dealkylation sites (tertiary alicyclic amines) is 1. The fraction of sp³-hybridized carbons (Fsp3) is 0.405. The van der Waals surface area contributed by atoms with Crippen molar-refractivity contribution in [3.05, 3.63) is 95.2 Å². The number of fused-ring (bicyclic) bond motifs is 5. The number of nitrogens with zero attached hydrogens (tertiary/aromatic N) is 3. The summed E-state index contributed by atoms with van der Waals surface area (Å²) in [6.07, 6.45) is 1.72. The second-order valence-corrected chi connectivity index (χ2v) is 13.1. The van der Waals surface area contributed by atoms with Crippen molar-refractivity contribution in [2.75, 3.05) is 33.3 Å². The summed E-state index contributed by atoms with van der Waals surface area (Å²) in [5, 5.41) is 1.08. The molecule has 3 aromatic carbocycles. The fourth-order valence-corrected chi connectivity index (χ4v) is 7.71. The van der Waals surface area contributed by atoms with E-state index in [0.717, 1.165) is 60.2 Å². The van der Waals surface area contributed by atoms with Crippen LogP contribution in [0.15, 0.2) is 72.8 Å². The van der Waals surface area contributed by atoms with Gasteiger partial charge in [-0.2, -0.15) is 0 Å².